The van der Waals surface area contributed by atoms with E-state index in [9.17, 15) is 9.46 Å². The van der Waals surface area contributed by atoms with Crippen molar-refractivity contribution in [1.29, 1.82) is 0 Å². The molecule has 1 atom stereocenters. The fraction of sp³-hybridized carbons (Fsp3) is 0.667. The number of hydrogen-bond donors (Lipinski definition) is 0. The van der Waals surface area contributed by atoms with Crippen molar-refractivity contribution in [3.05, 3.63) is 39.2 Å². The van der Waals surface area contributed by atoms with Crippen LogP contribution in [0.2, 0.25) is 0 Å². The molecule has 0 heterocycles. The normalized spacial score (nSPS) is 8.86. The van der Waals surface area contributed by atoms with Gasteiger partial charge in [0, 0.05) is 0 Å². The summed E-state index contributed by atoms with van der Waals surface area (Å²) in [7, 11) is 8.09. The molecule has 0 aliphatic heterocycles. The van der Waals surface area contributed by atoms with Crippen molar-refractivity contribution in [3.8, 4) is 0 Å². The smallest absolute Gasteiger partial charge is 0.668 e. The SMILES string of the molecule is CCc1cc[c-]([P+](=O)[O-])c1CC.C[N-]C.C[N-]C.C[N-]C.[Zr+4]. The third-order valence-electron chi connectivity index (χ3n) is 2.07. The molecule has 0 amide bonds. The first kappa shape index (κ1) is 30.1. The third-order valence-corrected chi connectivity index (χ3v) is 2.88. The minimum atomic E-state index is -2.41. The van der Waals surface area contributed by atoms with Gasteiger partial charge >= 0.3 is 26.2 Å². The molecule has 0 saturated heterocycles. The number of aryl methyl sites for hydroxylation is 1. The van der Waals surface area contributed by atoms with Crippen LogP contribution < -0.4 is 10.2 Å². The van der Waals surface area contributed by atoms with Crippen molar-refractivity contribution in [1.82, 2.24) is 0 Å². The zero-order chi connectivity index (χ0) is 17.3. The summed E-state index contributed by atoms with van der Waals surface area (Å²) in [6, 6.07) is 3.60. The third kappa shape index (κ3) is 16.5. The Morgan fingerprint density at radius 2 is 1.36 bits per heavy atom. The predicted octanol–water partition coefficient (Wildman–Crippen LogP) is 3.11. The van der Waals surface area contributed by atoms with E-state index in [-0.39, 0.29) is 26.2 Å². The standard InChI is InChI=1S/C9H12O2P.3C2H6N.Zr/c1-3-7-5-6-9(12(10)11)8(7)4-2;3*1-3-2;/h5-6H,3-4H2,1-2H3;3*1-2H3;/q4*-1;+4. The molecule has 1 aromatic rings. The molecule has 0 saturated carbocycles. The van der Waals surface area contributed by atoms with Crippen LogP contribution in [0.1, 0.15) is 25.0 Å². The molecule has 0 radical (unpaired) electrons. The van der Waals surface area contributed by atoms with Gasteiger partial charge in [-0.2, -0.15) is 47.8 Å². The van der Waals surface area contributed by atoms with Gasteiger partial charge < -0.3 is 20.8 Å². The van der Waals surface area contributed by atoms with Gasteiger partial charge in [0.1, 0.15) is 0 Å². The molecule has 1 rings (SSSR count). The largest absolute Gasteiger partial charge is 4.00 e. The van der Waals surface area contributed by atoms with E-state index < -0.39 is 8.03 Å². The minimum absolute atomic E-state index is 0. The van der Waals surface area contributed by atoms with Crippen molar-refractivity contribution in [3.63, 3.8) is 0 Å². The molecule has 0 bridgehead atoms. The maximum Gasteiger partial charge on any atom is 4.00 e. The summed E-state index contributed by atoms with van der Waals surface area (Å²) in [5.41, 5.74) is 2.15. The molecule has 0 aliphatic carbocycles. The van der Waals surface area contributed by atoms with Gasteiger partial charge in [-0.05, 0) is 6.42 Å². The summed E-state index contributed by atoms with van der Waals surface area (Å²) in [6.07, 6.45) is 1.71. The van der Waals surface area contributed by atoms with Crippen LogP contribution >= 0.6 is 8.03 Å². The van der Waals surface area contributed by atoms with E-state index in [1.54, 1.807) is 48.4 Å². The van der Waals surface area contributed by atoms with Crippen LogP contribution in [0, 0.1) is 0 Å². The fourth-order valence-corrected chi connectivity index (χ4v) is 2.17. The summed E-state index contributed by atoms with van der Waals surface area (Å²) < 4.78 is 10.7. The van der Waals surface area contributed by atoms with Gasteiger partial charge in [0.25, 0.3) is 8.03 Å². The van der Waals surface area contributed by atoms with Crippen LogP contribution in [0.4, 0.5) is 0 Å². The van der Waals surface area contributed by atoms with Crippen molar-refractivity contribution < 1.29 is 35.7 Å². The Labute approximate surface area is 157 Å². The maximum atomic E-state index is 10.7. The second kappa shape index (κ2) is 23.4. The molecular formula is C15H30N3O2PZr. The van der Waals surface area contributed by atoms with Gasteiger partial charge in [0.05, 0.1) is 5.30 Å². The van der Waals surface area contributed by atoms with Crippen LogP contribution in [0.5, 0.6) is 0 Å². The van der Waals surface area contributed by atoms with E-state index in [0.29, 0.717) is 5.30 Å². The topological polar surface area (TPSA) is 82.4 Å². The second-order valence-electron chi connectivity index (χ2n) is 4.03. The molecule has 22 heavy (non-hydrogen) atoms. The molecule has 0 N–H and O–H groups in total. The zero-order valence-corrected chi connectivity index (χ0v) is 18.5. The first-order valence-electron chi connectivity index (χ1n) is 6.80. The Kier molecular flexibility index (Phi) is 32.1. The van der Waals surface area contributed by atoms with Gasteiger partial charge in [-0.25, -0.2) is 6.07 Å². The van der Waals surface area contributed by atoms with E-state index in [4.69, 9.17) is 0 Å². The van der Waals surface area contributed by atoms with E-state index in [1.807, 2.05) is 19.9 Å². The maximum absolute atomic E-state index is 10.7. The quantitative estimate of drug-likeness (QED) is 0.571. The summed E-state index contributed by atoms with van der Waals surface area (Å²) in [6.45, 7) is 4.02. The van der Waals surface area contributed by atoms with Gasteiger partial charge in [-0.3, -0.25) is 0 Å². The first-order valence-corrected chi connectivity index (χ1v) is 7.98. The van der Waals surface area contributed by atoms with Crippen molar-refractivity contribution in [2.45, 2.75) is 26.7 Å². The monoisotopic (exact) mass is 405 g/mol. The molecule has 1 aromatic carbocycles. The van der Waals surface area contributed by atoms with Gasteiger partial charge in [0.2, 0.25) is 0 Å². The first-order chi connectivity index (χ1) is 9.94. The van der Waals surface area contributed by atoms with Crippen molar-refractivity contribution in [2.75, 3.05) is 42.3 Å². The summed E-state index contributed by atoms with van der Waals surface area (Å²) >= 11 is 0. The molecule has 0 fully saturated rings. The van der Waals surface area contributed by atoms with Gasteiger partial charge in [0.15, 0.2) is 0 Å². The Bertz CT molecular complexity index is 343. The molecular weight excluding hydrogens is 376 g/mol. The Balaban J connectivity index is -0.000000136. The van der Waals surface area contributed by atoms with E-state index >= 15 is 0 Å². The average Bonchev–Trinajstić information content (AvgIpc) is 2.84. The molecule has 7 heteroatoms. The molecule has 5 nitrogen and oxygen atoms in total. The number of nitrogens with zero attached hydrogens (tertiary/aromatic N) is 3. The van der Waals surface area contributed by atoms with E-state index in [1.165, 1.54) is 0 Å². The zero-order valence-electron chi connectivity index (χ0n) is 15.2. The van der Waals surface area contributed by atoms with Crippen LogP contribution in [-0.4, -0.2) is 42.3 Å². The van der Waals surface area contributed by atoms with Crippen LogP contribution in [0.25, 0.3) is 16.0 Å². The summed E-state index contributed by atoms with van der Waals surface area (Å²) in [5.74, 6) is 0. The van der Waals surface area contributed by atoms with Crippen LogP contribution in [0.3, 0.4) is 0 Å². The summed E-state index contributed by atoms with van der Waals surface area (Å²) in [5, 5.41) is 11.0. The molecule has 0 aliphatic rings. The van der Waals surface area contributed by atoms with E-state index in [2.05, 4.69) is 16.0 Å². The number of hydrogen-bond acceptors (Lipinski definition) is 2. The molecule has 0 spiro atoms. The Morgan fingerprint density at radius 1 is 1.00 bits per heavy atom. The summed E-state index contributed by atoms with van der Waals surface area (Å²) in [4.78, 5) is 10.7. The minimum Gasteiger partial charge on any atom is -0.668 e. The molecule has 126 valence electrons. The fourth-order valence-electron chi connectivity index (χ4n) is 1.46. The molecule has 0 aromatic heterocycles. The van der Waals surface area contributed by atoms with Crippen molar-refractivity contribution >= 4 is 13.3 Å². The number of rotatable bonds is 3. The average molecular weight is 407 g/mol. The Morgan fingerprint density at radius 3 is 1.59 bits per heavy atom. The van der Waals surface area contributed by atoms with Crippen LogP contribution in [0.15, 0.2) is 12.1 Å². The van der Waals surface area contributed by atoms with Crippen LogP contribution in [-0.2, 0) is 43.6 Å². The van der Waals surface area contributed by atoms with Gasteiger partial charge in [-0.15, -0.1) is 11.6 Å². The van der Waals surface area contributed by atoms with Gasteiger partial charge in [-0.1, -0.05) is 24.8 Å². The molecule has 1 unspecified atom stereocenters. The second-order valence-corrected chi connectivity index (χ2v) is 5.02. The predicted molar refractivity (Wildman–Crippen MR) is 93.7 cm³/mol. The Hall–Kier alpha value is 0.173. The van der Waals surface area contributed by atoms with Crippen molar-refractivity contribution in [2.24, 2.45) is 0 Å². The van der Waals surface area contributed by atoms with E-state index in [0.717, 1.165) is 24.0 Å².